The van der Waals surface area contributed by atoms with Crippen LogP contribution in [0.4, 0.5) is 9.18 Å². The van der Waals surface area contributed by atoms with Crippen molar-refractivity contribution in [2.24, 2.45) is 0 Å². The molecule has 0 aromatic heterocycles. The molecule has 0 saturated heterocycles. The number of amides is 1. The average Bonchev–Trinajstić information content (AvgIpc) is 2.41. The number of ether oxygens (including phenoxy) is 2. The first kappa shape index (κ1) is 17.2. The Morgan fingerprint density at radius 2 is 1.95 bits per heavy atom. The summed E-state index contributed by atoms with van der Waals surface area (Å²) in [7, 11) is 0. The molecule has 0 aliphatic carbocycles. The number of aliphatic hydroxyl groups is 1. The van der Waals surface area contributed by atoms with Crippen molar-refractivity contribution in [1.29, 1.82) is 0 Å². The zero-order valence-electron chi connectivity index (χ0n) is 12.6. The Hall–Kier alpha value is -1.82. The number of rotatable bonds is 6. The third-order valence-electron chi connectivity index (χ3n) is 2.45. The molecule has 0 heterocycles. The molecule has 0 bridgehead atoms. The van der Waals surface area contributed by atoms with Gasteiger partial charge in [-0.25, -0.2) is 9.18 Å². The van der Waals surface area contributed by atoms with Crippen LogP contribution < -0.4 is 10.1 Å². The fraction of sp³-hybridized carbons (Fsp3) is 0.533. The Kier molecular flexibility index (Phi) is 6.42. The molecule has 0 spiro atoms. The van der Waals surface area contributed by atoms with E-state index in [1.807, 2.05) is 0 Å². The molecule has 0 radical (unpaired) electrons. The number of alkyl halides is 1. The predicted octanol–water partition coefficient (Wildman–Crippen LogP) is 2.59. The normalized spacial score (nSPS) is 12.6. The smallest absolute Gasteiger partial charge is 0.407 e. The number of benzene rings is 1. The van der Waals surface area contributed by atoms with E-state index in [-0.39, 0.29) is 13.2 Å². The van der Waals surface area contributed by atoms with Gasteiger partial charge in [-0.1, -0.05) is 12.1 Å². The second-order valence-electron chi connectivity index (χ2n) is 5.51. The highest BCUT2D eigenvalue weighted by Gasteiger charge is 2.17. The van der Waals surface area contributed by atoms with E-state index in [0.717, 1.165) is 0 Å². The van der Waals surface area contributed by atoms with E-state index < -0.39 is 24.5 Å². The Morgan fingerprint density at radius 1 is 1.33 bits per heavy atom. The topological polar surface area (TPSA) is 67.8 Å². The molecule has 1 aromatic carbocycles. The minimum Gasteiger partial charge on any atom is -0.491 e. The van der Waals surface area contributed by atoms with Crippen LogP contribution >= 0.6 is 0 Å². The van der Waals surface area contributed by atoms with E-state index in [2.05, 4.69) is 5.32 Å². The van der Waals surface area contributed by atoms with Crippen LogP contribution in [-0.2, 0) is 4.74 Å². The van der Waals surface area contributed by atoms with Crippen LogP contribution in [0, 0.1) is 0 Å². The van der Waals surface area contributed by atoms with Gasteiger partial charge in [0.2, 0.25) is 0 Å². The summed E-state index contributed by atoms with van der Waals surface area (Å²) in [6.45, 7) is 4.78. The van der Waals surface area contributed by atoms with Crippen molar-refractivity contribution in [2.75, 3.05) is 19.8 Å². The van der Waals surface area contributed by atoms with Gasteiger partial charge in [0.15, 0.2) is 0 Å². The van der Waals surface area contributed by atoms with Crippen molar-refractivity contribution in [3.63, 3.8) is 0 Å². The average molecular weight is 299 g/mol. The van der Waals surface area contributed by atoms with Gasteiger partial charge >= 0.3 is 6.09 Å². The molecular weight excluding hydrogens is 277 g/mol. The number of hydrogen-bond acceptors (Lipinski definition) is 4. The van der Waals surface area contributed by atoms with Gasteiger partial charge in [-0.2, -0.15) is 0 Å². The number of aliphatic hydroxyl groups excluding tert-OH is 1. The van der Waals surface area contributed by atoms with Gasteiger partial charge in [-0.15, -0.1) is 0 Å². The molecule has 1 amide bonds. The molecule has 0 fully saturated rings. The van der Waals surface area contributed by atoms with Crippen molar-refractivity contribution in [3.8, 4) is 5.75 Å². The van der Waals surface area contributed by atoms with Gasteiger partial charge in [0.1, 0.15) is 24.6 Å². The highest BCUT2D eigenvalue weighted by molar-refractivity contribution is 5.67. The zero-order chi connectivity index (χ0) is 15.9. The number of carbonyl (C=O) groups is 1. The molecular formula is C15H22FNO4. The summed E-state index contributed by atoms with van der Waals surface area (Å²) in [6.07, 6.45) is -1.43. The lowest BCUT2D eigenvalue weighted by Gasteiger charge is -2.20. The second kappa shape index (κ2) is 7.83. The summed E-state index contributed by atoms with van der Waals surface area (Å²) >= 11 is 0. The Labute approximate surface area is 124 Å². The van der Waals surface area contributed by atoms with Crippen LogP contribution in [0.3, 0.4) is 0 Å². The molecule has 21 heavy (non-hydrogen) atoms. The minimum atomic E-state index is -0.854. The van der Waals surface area contributed by atoms with Gasteiger partial charge in [0, 0.05) is 0 Å². The first-order chi connectivity index (χ1) is 9.81. The Balaban J connectivity index is 2.44. The fourth-order valence-corrected chi connectivity index (χ4v) is 1.55. The van der Waals surface area contributed by atoms with Gasteiger partial charge in [-0.3, -0.25) is 0 Å². The lowest BCUT2D eigenvalue weighted by atomic mass is 10.1. The third kappa shape index (κ3) is 6.94. The summed E-state index contributed by atoms with van der Waals surface area (Å²) in [5, 5.41) is 12.5. The second-order valence-corrected chi connectivity index (χ2v) is 5.51. The first-order valence-corrected chi connectivity index (χ1v) is 6.75. The first-order valence-electron chi connectivity index (χ1n) is 6.75. The number of hydrogen-bond donors (Lipinski definition) is 2. The van der Waals surface area contributed by atoms with Gasteiger partial charge < -0.3 is 19.9 Å². The van der Waals surface area contributed by atoms with Gasteiger partial charge in [0.05, 0.1) is 12.6 Å². The number of nitrogens with one attached hydrogen (secondary N) is 1. The molecule has 0 saturated carbocycles. The van der Waals surface area contributed by atoms with Crippen LogP contribution in [0.2, 0.25) is 0 Å². The number of halogens is 1. The van der Waals surface area contributed by atoms with Crippen molar-refractivity contribution in [2.45, 2.75) is 32.5 Å². The van der Waals surface area contributed by atoms with Crippen LogP contribution in [0.15, 0.2) is 24.3 Å². The summed E-state index contributed by atoms with van der Waals surface area (Å²) in [5.74, 6) is 0.531. The Morgan fingerprint density at radius 3 is 2.48 bits per heavy atom. The van der Waals surface area contributed by atoms with E-state index in [1.54, 1.807) is 45.0 Å². The highest BCUT2D eigenvalue weighted by atomic mass is 19.1. The standard InChI is InChI=1S/C15H22FNO4/c1-15(2,3)21-14(19)17-10-13(18)11-4-6-12(7-5-11)20-9-8-16/h4-7,13,18H,8-10H2,1-3H3,(H,17,19). The molecule has 2 N–H and O–H groups in total. The summed E-state index contributed by atoms with van der Waals surface area (Å²) in [4.78, 5) is 11.5. The molecule has 1 atom stereocenters. The maximum absolute atomic E-state index is 12.0. The molecule has 1 rings (SSSR count). The molecule has 0 aliphatic rings. The van der Waals surface area contributed by atoms with E-state index in [4.69, 9.17) is 9.47 Å². The molecule has 6 heteroatoms. The van der Waals surface area contributed by atoms with E-state index >= 15 is 0 Å². The zero-order valence-corrected chi connectivity index (χ0v) is 12.6. The fourth-order valence-electron chi connectivity index (χ4n) is 1.55. The van der Waals surface area contributed by atoms with E-state index in [0.29, 0.717) is 11.3 Å². The van der Waals surface area contributed by atoms with Crippen molar-refractivity contribution >= 4 is 6.09 Å². The van der Waals surface area contributed by atoms with E-state index in [9.17, 15) is 14.3 Å². The summed E-state index contributed by atoms with van der Waals surface area (Å²) < 4.78 is 22.1. The molecule has 5 nitrogen and oxygen atoms in total. The monoisotopic (exact) mass is 299 g/mol. The third-order valence-corrected chi connectivity index (χ3v) is 2.45. The molecule has 0 aliphatic heterocycles. The summed E-state index contributed by atoms with van der Waals surface area (Å²) in [5.41, 5.74) is 0.0448. The number of alkyl carbamates (subject to hydrolysis) is 1. The highest BCUT2D eigenvalue weighted by Crippen LogP contribution is 2.17. The Bertz CT molecular complexity index is 442. The van der Waals surface area contributed by atoms with Crippen molar-refractivity contribution in [1.82, 2.24) is 5.32 Å². The van der Waals surface area contributed by atoms with Crippen molar-refractivity contribution < 1.29 is 23.8 Å². The largest absolute Gasteiger partial charge is 0.491 e. The predicted molar refractivity (Wildman–Crippen MR) is 77.1 cm³/mol. The maximum Gasteiger partial charge on any atom is 0.407 e. The van der Waals surface area contributed by atoms with Crippen LogP contribution in [0.25, 0.3) is 0 Å². The SMILES string of the molecule is CC(C)(C)OC(=O)NCC(O)c1ccc(OCCF)cc1. The molecule has 1 unspecified atom stereocenters. The van der Waals surface area contributed by atoms with Gasteiger partial charge in [-0.05, 0) is 38.5 Å². The minimum absolute atomic E-state index is 0.00208. The van der Waals surface area contributed by atoms with Crippen molar-refractivity contribution in [3.05, 3.63) is 29.8 Å². The van der Waals surface area contributed by atoms with Crippen LogP contribution in [-0.4, -0.2) is 36.6 Å². The quantitative estimate of drug-likeness (QED) is 0.847. The van der Waals surface area contributed by atoms with E-state index in [1.165, 1.54) is 0 Å². The molecule has 1 aromatic rings. The number of carbonyl (C=O) groups excluding carboxylic acids is 1. The molecule has 118 valence electrons. The van der Waals surface area contributed by atoms with Crippen LogP contribution in [0.5, 0.6) is 5.75 Å². The maximum atomic E-state index is 12.0. The summed E-state index contributed by atoms with van der Waals surface area (Å²) in [6, 6.07) is 6.60. The van der Waals surface area contributed by atoms with Gasteiger partial charge in [0.25, 0.3) is 0 Å². The lowest BCUT2D eigenvalue weighted by Crippen LogP contribution is -2.34. The van der Waals surface area contributed by atoms with Crippen LogP contribution in [0.1, 0.15) is 32.4 Å². The lowest BCUT2D eigenvalue weighted by molar-refractivity contribution is 0.0491.